The Morgan fingerprint density at radius 2 is 1.68 bits per heavy atom. The molecular formula is C29H20N2O5S. The van der Waals surface area contributed by atoms with Gasteiger partial charge in [-0.2, -0.15) is 0 Å². The molecule has 2 N–H and O–H groups in total. The van der Waals surface area contributed by atoms with E-state index in [1.165, 1.54) is 24.3 Å². The van der Waals surface area contributed by atoms with E-state index in [-0.39, 0.29) is 21.9 Å². The third kappa shape index (κ3) is 4.96. The van der Waals surface area contributed by atoms with Gasteiger partial charge in [0.1, 0.15) is 17.9 Å². The highest BCUT2D eigenvalue weighted by molar-refractivity contribution is 7.80. The predicted octanol–water partition coefficient (Wildman–Crippen LogP) is 4.95. The van der Waals surface area contributed by atoms with Gasteiger partial charge in [0.05, 0.1) is 11.3 Å². The van der Waals surface area contributed by atoms with Crippen LogP contribution in [0.3, 0.4) is 0 Å². The van der Waals surface area contributed by atoms with Crippen LogP contribution in [0.15, 0.2) is 96.6 Å². The van der Waals surface area contributed by atoms with Crippen LogP contribution < -0.4 is 15.0 Å². The maximum Gasteiger partial charge on any atom is 0.335 e. The number of hydrogen-bond acceptors (Lipinski definition) is 5. The molecule has 1 saturated heterocycles. The summed E-state index contributed by atoms with van der Waals surface area (Å²) in [6.07, 6.45) is 1.45. The Bertz CT molecular complexity index is 1610. The molecule has 1 fully saturated rings. The van der Waals surface area contributed by atoms with Crippen molar-refractivity contribution in [1.29, 1.82) is 0 Å². The number of amides is 2. The minimum atomic E-state index is -1.14. The van der Waals surface area contributed by atoms with E-state index in [1.54, 1.807) is 30.3 Å². The van der Waals surface area contributed by atoms with Crippen molar-refractivity contribution in [2.24, 2.45) is 0 Å². The number of thiocarbonyl (C=S) groups is 1. The number of carbonyl (C=O) groups is 3. The Balaban J connectivity index is 1.43. The normalized spacial score (nSPS) is 14.6. The minimum Gasteiger partial charge on any atom is -0.488 e. The molecule has 5 rings (SSSR count). The van der Waals surface area contributed by atoms with Gasteiger partial charge in [-0.25, -0.2) is 4.79 Å². The summed E-state index contributed by atoms with van der Waals surface area (Å²) in [4.78, 5) is 38.6. The summed E-state index contributed by atoms with van der Waals surface area (Å²) < 4.78 is 6.07. The summed E-state index contributed by atoms with van der Waals surface area (Å²) in [6.45, 7) is 0.295. The summed E-state index contributed by atoms with van der Waals surface area (Å²) in [6, 6.07) is 27.0. The average molecular weight is 509 g/mol. The second kappa shape index (κ2) is 10.0. The number of anilines is 1. The van der Waals surface area contributed by atoms with Crippen molar-refractivity contribution in [3.8, 4) is 5.75 Å². The summed E-state index contributed by atoms with van der Waals surface area (Å²) in [5.41, 5.74) is 1.58. The fourth-order valence-corrected chi connectivity index (χ4v) is 4.33. The van der Waals surface area contributed by atoms with Gasteiger partial charge in [0.15, 0.2) is 5.11 Å². The Hall–Kier alpha value is -4.82. The largest absolute Gasteiger partial charge is 0.488 e. The highest BCUT2D eigenvalue weighted by Crippen LogP contribution is 2.27. The minimum absolute atomic E-state index is 0.0111. The molecule has 0 radical (unpaired) electrons. The first-order valence-corrected chi connectivity index (χ1v) is 11.8. The van der Waals surface area contributed by atoms with Gasteiger partial charge in [-0.15, -0.1) is 0 Å². The number of hydrogen-bond donors (Lipinski definition) is 2. The number of carbonyl (C=O) groups excluding carboxylic acids is 2. The van der Waals surface area contributed by atoms with Crippen LogP contribution in [0.2, 0.25) is 0 Å². The maximum absolute atomic E-state index is 13.4. The van der Waals surface area contributed by atoms with Crippen molar-refractivity contribution in [3.05, 3.63) is 113 Å². The van der Waals surface area contributed by atoms with E-state index in [0.717, 1.165) is 21.2 Å². The Labute approximate surface area is 217 Å². The number of aromatic carboxylic acids is 1. The van der Waals surface area contributed by atoms with E-state index in [1.807, 2.05) is 36.4 Å². The number of nitrogens with zero attached hydrogens (tertiary/aromatic N) is 1. The monoisotopic (exact) mass is 508 g/mol. The number of rotatable bonds is 6. The van der Waals surface area contributed by atoms with Crippen molar-refractivity contribution < 1.29 is 24.2 Å². The van der Waals surface area contributed by atoms with Gasteiger partial charge in [-0.3, -0.25) is 19.8 Å². The van der Waals surface area contributed by atoms with Gasteiger partial charge < -0.3 is 9.84 Å². The molecule has 0 atom stereocenters. The molecule has 182 valence electrons. The Morgan fingerprint density at radius 1 is 0.919 bits per heavy atom. The zero-order valence-electron chi connectivity index (χ0n) is 19.4. The molecule has 37 heavy (non-hydrogen) atoms. The quantitative estimate of drug-likeness (QED) is 0.217. The SMILES string of the molecule is O=C1NC(=S)N(c2cccc(C(=O)O)c2)C(=O)C1=Cc1ccccc1OCc1ccc2ccccc2c1. The number of fused-ring (bicyclic) bond motifs is 1. The molecule has 7 nitrogen and oxygen atoms in total. The van der Waals surface area contributed by atoms with Crippen molar-refractivity contribution >= 4 is 57.6 Å². The van der Waals surface area contributed by atoms with Gasteiger partial charge >= 0.3 is 5.97 Å². The lowest BCUT2D eigenvalue weighted by atomic mass is 10.1. The van der Waals surface area contributed by atoms with Gasteiger partial charge in [-0.1, -0.05) is 60.7 Å². The van der Waals surface area contributed by atoms with E-state index in [9.17, 15) is 19.5 Å². The van der Waals surface area contributed by atoms with Crippen LogP contribution in [0, 0.1) is 0 Å². The molecule has 1 aliphatic rings. The molecule has 0 aliphatic carbocycles. The fraction of sp³-hybridized carbons (Fsp3) is 0.0345. The van der Waals surface area contributed by atoms with E-state index in [4.69, 9.17) is 17.0 Å². The fourth-order valence-electron chi connectivity index (χ4n) is 4.05. The van der Waals surface area contributed by atoms with E-state index >= 15 is 0 Å². The van der Waals surface area contributed by atoms with Gasteiger partial charge in [0.2, 0.25) is 0 Å². The summed E-state index contributed by atoms with van der Waals surface area (Å²) in [5.74, 6) is -1.96. The van der Waals surface area contributed by atoms with Crippen LogP contribution in [0.5, 0.6) is 5.75 Å². The van der Waals surface area contributed by atoms with Crippen LogP contribution in [0.1, 0.15) is 21.5 Å². The zero-order chi connectivity index (χ0) is 25.9. The van der Waals surface area contributed by atoms with Gasteiger partial charge in [0, 0.05) is 5.56 Å². The first-order valence-electron chi connectivity index (χ1n) is 11.3. The molecular weight excluding hydrogens is 488 g/mol. The van der Waals surface area contributed by atoms with E-state index in [0.29, 0.717) is 17.9 Å². The van der Waals surface area contributed by atoms with Crippen molar-refractivity contribution in [1.82, 2.24) is 5.32 Å². The lowest BCUT2D eigenvalue weighted by Crippen LogP contribution is -2.54. The molecule has 4 aromatic carbocycles. The average Bonchev–Trinajstić information content (AvgIpc) is 2.90. The van der Waals surface area contributed by atoms with Crippen LogP contribution in [-0.4, -0.2) is 28.0 Å². The summed E-state index contributed by atoms with van der Waals surface area (Å²) >= 11 is 5.22. The molecule has 0 aromatic heterocycles. The molecule has 2 amide bonds. The zero-order valence-corrected chi connectivity index (χ0v) is 20.2. The number of ether oxygens (including phenoxy) is 1. The maximum atomic E-state index is 13.4. The van der Waals surface area contributed by atoms with Crippen LogP contribution in [0.25, 0.3) is 16.8 Å². The standard InChI is InChI=1S/C29H20N2O5S/c32-26-24(27(33)31(29(37)30-26)23-10-5-9-22(15-23)28(34)35)16-21-8-3-4-11-25(21)36-17-18-12-13-19-6-1-2-7-20(19)14-18/h1-16H,17H2,(H,34,35)(H,30,32,37). The summed E-state index contributed by atoms with van der Waals surface area (Å²) in [7, 11) is 0. The summed E-state index contributed by atoms with van der Waals surface area (Å²) in [5, 5.41) is 13.9. The topological polar surface area (TPSA) is 95.9 Å². The number of benzene rings is 4. The molecule has 0 spiro atoms. The third-order valence-electron chi connectivity index (χ3n) is 5.88. The highest BCUT2D eigenvalue weighted by Gasteiger charge is 2.35. The number of para-hydroxylation sites is 1. The Kier molecular flexibility index (Phi) is 6.49. The number of carboxylic acids is 1. The van der Waals surface area contributed by atoms with Crippen molar-refractivity contribution in [2.75, 3.05) is 4.90 Å². The molecule has 1 heterocycles. The van der Waals surface area contributed by atoms with E-state index < -0.39 is 17.8 Å². The highest BCUT2D eigenvalue weighted by atomic mass is 32.1. The Morgan fingerprint density at radius 3 is 2.49 bits per heavy atom. The first-order chi connectivity index (χ1) is 17.9. The second-order valence-electron chi connectivity index (χ2n) is 8.32. The smallest absolute Gasteiger partial charge is 0.335 e. The number of carboxylic acid groups (broad SMARTS) is 1. The lowest BCUT2D eigenvalue weighted by molar-refractivity contribution is -0.122. The van der Waals surface area contributed by atoms with Crippen LogP contribution in [0.4, 0.5) is 5.69 Å². The van der Waals surface area contributed by atoms with Gasteiger partial charge in [0.25, 0.3) is 11.8 Å². The first kappa shape index (κ1) is 23.9. The molecule has 0 bridgehead atoms. The third-order valence-corrected chi connectivity index (χ3v) is 6.16. The molecule has 4 aromatic rings. The van der Waals surface area contributed by atoms with Crippen molar-refractivity contribution in [3.63, 3.8) is 0 Å². The predicted molar refractivity (Wildman–Crippen MR) is 144 cm³/mol. The van der Waals surface area contributed by atoms with Gasteiger partial charge in [-0.05, 0) is 65.0 Å². The molecule has 8 heteroatoms. The van der Waals surface area contributed by atoms with Crippen LogP contribution >= 0.6 is 12.2 Å². The molecule has 1 aliphatic heterocycles. The lowest BCUT2D eigenvalue weighted by Gasteiger charge is -2.29. The van der Waals surface area contributed by atoms with Crippen LogP contribution in [-0.2, 0) is 16.2 Å². The van der Waals surface area contributed by atoms with Crippen molar-refractivity contribution in [2.45, 2.75) is 6.61 Å². The second-order valence-corrected chi connectivity index (χ2v) is 8.71. The molecule has 0 unspecified atom stereocenters. The number of nitrogens with one attached hydrogen (secondary N) is 1. The molecule has 0 saturated carbocycles. The van der Waals surface area contributed by atoms with E-state index in [2.05, 4.69) is 11.4 Å².